The predicted molar refractivity (Wildman–Crippen MR) is 133 cm³/mol. The number of guanidine groups is 1. The quantitative estimate of drug-likeness (QED) is 0.803. The first-order valence-electron chi connectivity index (χ1n) is 11.4. The van der Waals surface area contributed by atoms with E-state index in [2.05, 4.69) is 83.2 Å². The minimum atomic E-state index is 0.0306. The van der Waals surface area contributed by atoms with Crippen LogP contribution in [0.3, 0.4) is 0 Å². The average molecular weight is 434 g/mol. The Morgan fingerprint density at radius 1 is 0.969 bits per heavy atom. The van der Waals surface area contributed by atoms with Crippen molar-refractivity contribution in [3.63, 3.8) is 0 Å². The SMILES string of the molecule is CNC1CC(=Nc2ccccc2C(C)(C)C)N=C(N2CCN(c3ccccn3)CC2)N1C. The number of anilines is 1. The van der Waals surface area contributed by atoms with E-state index in [0.29, 0.717) is 0 Å². The van der Waals surface area contributed by atoms with Crippen molar-refractivity contribution < 1.29 is 0 Å². The summed E-state index contributed by atoms with van der Waals surface area (Å²) in [6.45, 7) is 10.3. The van der Waals surface area contributed by atoms with Crippen molar-refractivity contribution in [2.75, 3.05) is 45.2 Å². The van der Waals surface area contributed by atoms with Gasteiger partial charge in [-0.05, 0) is 36.2 Å². The minimum Gasteiger partial charge on any atom is -0.353 e. The number of nitrogens with one attached hydrogen (secondary N) is 1. The predicted octanol–water partition coefficient (Wildman–Crippen LogP) is 3.47. The highest BCUT2D eigenvalue weighted by molar-refractivity contribution is 6.00. The highest BCUT2D eigenvalue weighted by Crippen LogP contribution is 2.32. The molecule has 0 saturated carbocycles. The van der Waals surface area contributed by atoms with Gasteiger partial charge in [0.2, 0.25) is 5.96 Å². The number of hydrogen-bond acceptors (Lipinski definition) is 6. The maximum absolute atomic E-state index is 5.05. The van der Waals surface area contributed by atoms with Gasteiger partial charge in [0.25, 0.3) is 0 Å². The maximum Gasteiger partial charge on any atom is 0.204 e. The smallest absolute Gasteiger partial charge is 0.204 e. The summed E-state index contributed by atoms with van der Waals surface area (Å²) in [5.41, 5.74) is 2.29. The molecule has 1 fully saturated rings. The lowest BCUT2D eigenvalue weighted by molar-refractivity contribution is 0.259. The van der Waals surface area contributed by atoms with Crippen LogP contribution in [0.15, 0.2) is 58.6 Å². The number of amidine groups is 1. The largest absolute Gasteiger partial charge is 0.353 e. The van der Waals surface area contributed by atoms with Gasteiger partial charge in [-0.2, -0.15) is 4.99 Å². The second-order valence-corrected chi connectivity index (χ2v) is 9.49. The summed E-state index contributed by atoms with van der Waals surface area (Å²) in [5, 5.41) is 3.44. The molecule has 32 heavy (non-hydrogen) atoms. The van der Waals surface area contributed by atoms with E-state index in [1.807, 2.05) is 25.4 Å². The first kappa shape index (κ1) is 22.3. The standard InChI is InChI=1S/C25H35N7/c1-25(2,3)19-10-6-7-11-20(19)28-21-18-23(26-4)30(5)24(29-21)32-16-14-31(15-17-32)22-12-8-9-13-27-22/h6-13,23,26H,14-18H2,1-5H3. The Morgan fingerprint density at radius 2 is 1.66 bits per heavy atom. The second-order valence-electron chi connectivity index (χ2n) is 9.49. The van der Waals surface area contributed by atoms with E-state index in [1.165, 1.54) is 5.56 Å². The molecule has 1 aromatic carbocycles. The third-order valence-corrected chi connectivity index (χ3v) is 6.22. The molecule has 0 bridgehead atoms. The van der Waals surface area contributed by atoms with Gasteiger partial charge in [0.15, 0.2) is 0 Å². The minimum absolute atomic E-state index is 0.0306. The number of aromatic nitrogens is 1. The molecule has 7 nitrogen and oxygen atoms in total. The van der Waals surface area contributed by atoms with Gasteiger partial charge in [-0.3, -0.25) is 5.32 Å². The molecule has 1 aromatic heterocycles. The molecule has 0 radical (unpaired) electrons. The molecule has 1 atom stereocenters. The molecular weight excluding hydrogens is 398 g/mol. The van der Waals surface area contributed by atoms with Crippen LogP contribution in [0.25, 0.3) is 0 Å². The van der Waals surface area contributed by atoms with Crippen LogP contribution < -0.4 is 10.2 Å². The highest BCUT2D eigenvalue weighted by atomic mass is 15.4. The van der Waals surface area contributed by atoms with Gasteiger partial charge in [-0.15, -0.1) is 0 Å². The second kappa shape index (κ2) is 9.28. The summed E-state index contributed by atoms with van der Waals surface area (Å²) < 4.78 is 0. The van der Waals surface area contributed by atoms with Crippen LogP contribution in [-0.2, 0) is 5.41 Å². The fourth-order valence-corrected chi connectivity index (χ4v) is 4.37. The van der Waals surface area contributed by atoms with Gasteiger partial charge >= 0.3 is 0 Å². The first-order chi connectivity index (χ1) is 15.4. The number of para-hydroxylation sites is 1. The first-order valence-corrected chi connectivity index (χ1v) is 11.4. The van der Waals surface area contributed by atoms with Crippen LogP contribution in [0.2, 0.25) is 0 Å². The summed E-state index contributed by atoms with van der Waals surface area (Å²) in [6.07, 6.45) is 2.79. The molecule has 4 rings (SSSR count). The number of pyridine rings is 1. The van der Waals surface area contributed by atoms with Crippen molar-refractivity contribution in [3.8, 4) is 0 Å². The number of piperazine rings is 1. The Kier molecular flexibility index (Phi) is 6.46. The molecule has 0 aliphatic carbocycles. The molecule has 170 valence electrons. The van der Waals surface area contributed by atoms with Gasteiger partial charge in [0, 0.05) is 45.8 Å². The summed E-state index contributed by atoms with van der Waals surface area (Å²) in [7, 11) is 4.12. The van der Waals surface area contributed by atoms with Crippen molar-refractivity contribution in [2.24, 2.45) is 9.98 Å². The third-order valence-electron chi connectivity index (χ3n) is 6.22. The molecule has 1 unspecified atom stereocenters. The Labute approximate surface area is 191 Å². The van der Waals surface area contributed by atoms with Crippen LogP contribution in [0, 0.1) is 0 Å². The number of nitrogens with zero attached hydrogens (tertiary/aromatic N) is 6. The van der Waals surface area contributed by atoms with Crippen molar-refractivity contribution in [3.05, 3.63) is 54.2 Å². The number of benzene rings is 1. The fourth-order valence-electron chi connectivity index (χ4n) is 4.37. The van der Waals surface area contributed by atoms with E-state index in [1.54, 1.807) is 0 Å². The van der Waals surface area contributed by atoms with Gasteiger partial charge in [0.1, 0.15) is 11.7 Å². The summed E-state index contributed by atoms with van der Waals surface area (Å²) in [5.74, 6) is 2.91. The number of rotatable bonds is 3. The molecule has 3 heterocycles. The highest BCUT2D eigenvalue weighted by Gasteiger charge is 2.30. The van der Waals surface area contributed by atoms with Crippen LogP contribution >= 0.6 is 0 Å². The van der Waals surface area contributed by atoms with Gasteiger partial charge < -0.3 is 14.7 Å². The molecule has 1 saturated heterocycles. The van der Waals surface area contributed by atoms with Crippen LogP contribution in [0.1, 0.15) is 32.8 Å². The molecule has 0 amide bonds. The monoisotopic (exact) mass is 433 g/mol. The lowest BCUT2D eigenvalue weighted by atomic mass is 9.86. The molecule has 2 aromatic rings. The molecule has 1 N–H and O–H groups in total. The van der Waals surface area contributed by atoms with Gasteiger partial charge in [-0.25, -0.2) is 9.98 Å². The van der Waals surface area contributed by atoms with E-state index in [9.17, 15) is 0 Å². The summed E-state index contributed by atoms with van der Waals surface area (Å²) in [4.78, 5) is 21.5. The fraction of sp³-hybridized carbons (Fsp3) is 0.480. The zero-order valence-corrected chi connectivity index (χ0v) is 19.9. The lowest BCUT2D eigenvalue weighted by Gasteiger charge is -2.43. The van der Waals surface area contributed by atoms with Gasteiger partial charge in [-0.1, -0.05) is 45.0 Å². The summed E-state index contributed by atoms with van der Waals surface area (Å²) >= 11 is 0. The van der Waals surface area contributed by atoms with Crippen LogP contribution in [0.5, 0.6) is 0 Å². The maximum atomic E-state index is 5.05. The van der Waals surface area contributed by atoms with Crippen molar-refractivity contribution >= 4 is 23.3 Å². The average Bonchev–Trinajstić information content (AvgIpc) is 2.80. The molecule has 7 heteroatoms. The number of hydrogen-bond donors (Lipinski definition) is 1. The Bertz CT molecular complexity index is 969. The van der Waals surface area contributed by atoms with E-state index in [-0.39, 0.29) is 11.6 Å². The van der Waals surface area contributed by atoms with E-state index in [4.69, 9.17) is 9.98 Å². The number of aliphatic imine (C=N–C) groups is 2. The summed E-state index contributed by atoms with van der Waals surface area (Å²) in [6, 6.07) is 14.5. The molecule has 2 aliphatic rings. The van der Waals surface area contributed by atoms with Gasteiger partial charge in [0.05, 0.1) is 11.9 Å². The van der Waals surface area contributed by atoms with Crippen LogP contribution in [-0.4, -0.2) is 73.0 Å². The lowest BCUT2D eigenvalue weighted by Crippen LogP contribution is -2.59. The Hall–Kier alpha value is -2.93. The zero-order valence-electron chi connectivity index (χ0n) is 19.9. The van der Waals surface area contributed by atoms with Crippen molar-refractivity contribution in [1.29, 1.82) is 0 Å². The zero-order chi connectivity index (χ0) is 22.7. The van der Waals surface area contributed by atoms with E-state index in [0.717, 1.165) is 55.9 Å². The molecular formula is C25H35N7. The van der Waals surface area contributed by atoms with Crippen LogP contribution in [0.4, 0.5) is 11.5 Å². The Balaban J connectivity index is 1.59. The third kappa shape index (κ3) is 4.78. The Morgan fingerprint density at radius 3 is 2.31 bits per heavy atom. The van der Waals surface area contributed by atoms with Crippen molar-refractivity contribution in [1.82, 2.24) is 20.1 Å². The molecule has 0 spiro atoms. The van der Waals surface area contributed by atoms with Crippen molar-refractivity contribution in [2.45, 2.75) is 38.8 Å². The molecule has 2 aliphatic heterocycles. The van der Waals surface area contributed by atoms with E-state index >= 15 is 0 Å². The van der Waals surface area contributed by atoms with E-state index < -0.39 is 0 Å². The topological polar surface area (TPSA) is 59.4 Å². The normalized spacial score (nSPS) is 21.2.